The quantitative estimate of drug-likeness (QED) is 0.410. The Balaban J connectivity index is 1.55. The molecule has 0 saturated carbocycles. The van der Waals surface area contributed by atoms with Gasteiger partial charge in [0.1, 0.15) is 11.6 Å². The summed E-state index contributed by atoms with van der Waals surface area (Å²) in [4.78, 5) is 12.1. The van der Waals surface area contributed by atoms with Gasteiger partial charge in [-0.15, -0.1) is 0 Å². The summed E-state index contributed by atoms with van der Waals surface area (Å²) in [5.41, 5.74) is 8.69. The van der Waals surface area contributed by atoms with Crippen LogP contribution in [0.2, 0.25) is 0 Å². The smallest absolute Gasteiger partial charge is 0.226 e. The first-order chi connectivity index (χ1) is 16.5. The molecule has 2 aromatic carbocycles. The average Bonchev–Trinajstić information content (AvgIpc) is 2.86. The molecule has 0 aliphatic carbocycles. The second-order valence-corrected chi connectivity index (χ2v) is 8.84. The molecular formula is C29H35N5. The van der Waals surface area contributed by atoms with Crippen LogP contribution in [-0.4, -0.2) is 30.1 Å². The summed E-state index contributed by atoms with van der Waals surface area (Å²) in [5.74, 6) is 2.42. The molecule has 0 fully saturated rings. The molecule has 0 unspecified atom stereocenters. The fourth-order valence-corrected chi connectivity index (χ4v) is 4.56. The number of fused-ring (bicyclic) bond motifs is 1. The number of nitrogens with zero attached hydrogens (tertiary/aromatic N) is 3. The minimum Gasteiger partial charge on any atom is -0.372 e. The van der Waals surface area contributed by atoms with E-state index in [2.05, 4.69) is 97.5 Å². The van der Waals surface area contributed by atoms with Crippen molar-refractivity contribution in [1.82, 2.24) is 9.97 Å². The van der Waals surface area contributed by atoms with Crippen LogP contribution in [0, 0.1) is 13.8 Å². The van der Waals surface area contributed by atoms with Crippen LogP contribution in [0.5, 0.6) is 0 Å². The van der Waals surface area contributed by atoms with E-state index in [0.717, 1.165) is 55.2 Å². The zero-order valence-electron chi connectivity index (χ0n) is 20.8. The maximum atomic E-state index is 4.96. The Morgan fingerprint density at radius 1 is 1.09 bits per heavy atom. The van der Waals surface area contributed by atoms with Crippen LogP contribution in [0.25, 0.3) is 11.1 Å². The number of hydrogen-bond donors (Lipinski definition) is 2. The predicted molar refractivity (Wildman–Crippen MR) is 145 cm³/mol. The molecule has 5 nitrogen and oxygen atoms in total. The van der Waals surface area contributed by atoms with E-state index in [-0.39, 0.29) is 0 Å². The fraction of sp³-hybridized carbons (Fsp3) is 0.310. The molecule has 34 heavy (non-hydrogen) atoms. The molecule has 0 radical (unpaired) electrons. The van der Waals surface area contributed by atoms with E-state index < -0.39 is 0 Å². The molecule has 0 bridgehead atoms. The number of aryl methyl sites for hydroxylation is 1. The Hall–Kier alpha value is -3.60. The molecule has 5 heteroatoms. The fourth-order valence-electron chi connectivity index (χ4n) is 4.56. The molecule has 0 spiro atoms. The second-order valence-electron chi connectivity index (χ2n) is 8.84. The molecule has 4 rings (SSSR count). The maximum absolute atomic E-state index is 4.96. The lowest BCUT2D eigenvalue weighted by molar-refractivity contribution is 0.762. The minimum atomic E-state index is 0.646. The highest BCUT2D eigenvalue weighted by Crippen LogP contribution is 2.38. The third kappa shape index (κ3) is 4.98. The van der Waals surface area contributed by atoms with Gasteiger partial charge in [-0.25, -0.2) is 0 Å². The zero-order valence-corrected chi connectivity index (χ0v) is 20.8. The molecule has 1 aliphatic heterocycles. The van der Waals surface area contributed by atoms with Crippen molar-refractivity contribution in [3.05, 3.63) is 89.0 Å². The van der Waals surface area contributed by atoms with E-state index in [9.17, 15) is 0 Å². The molecular weight excluding hydrogens is 418 g/mol. The second kappa shape index (κ2) is 10.6. The predicted octanol–water partition coefficient (Wildman–Crippen LogP) is 6.46. The van der Waals surface area contributed by atoms with Gasteiger partial charge in [0.25, 0.3) is 0 Å². The number of nitrogens with one attached hydrogen (secondary N) is 2. The van der Waals surface area contributed by atoms with Gasteiger partial charge in [-0.05, 0) is 67.0 Å². The van der Waals surface area contributed by atoms with Crippen LogP contribution in [0.4, 0.5) is 17.6 Å². The number of anilines is 3. The Kier molecular flexibility index (Phi) is 7.31. The van der Waals surface area contributed by atoms with Crippen LogP contribution >= 0.6 is 0 Å². The van der Waals surface area contributed by atoms with Crippen LogP contribution in [0.1, 0.15) is 47.6 Å². The highest BCUT2D eigenvalue weighted by molar-refractivity contribution is 5.84. The lowest BCUT2D eigenvalue weighted by Crippen LogP contribution is -2.30. The number of rotatable bonds is 8. The van der Waals surface area contributed by atoms with Gasteiger partial charge >= 0.3 is 0 Å². The van der Waals surface area contributed by atoms with E-state index in [1.807, 2.05) is 7.05 Å². The normalized spacial score (nSPS) is 13.6. The van der Waals surface area contributed by atoms with Crippen molar-refractivity contribution in [3.8, 4) is 0 Å². The van der Waals surface area contributed by atoms with Gasteiger partial charge in [0, 0.05) is 26.7 Å². The van der Waals surface area contributed by atoms with Gasteiger partial charge in [0.15, 0.2) is 0 Å². The lowest BCUT2D eigenvalue weighted by atomic mass is 9.95. The molecule has 2 N–H and O–H groups in total. The standard InChI is InChI=1S/C29H35N5/c1-6-24(25-14-10-11-20(2)22(25)4)15-17-31-29-32-27(30-5)26-21(3)16-18-34(28(26)33-29)19-23-12-8-7-9-13-23/h6-14H,3,15-19H2,1-2,4-5H3,(H2,30,31,32,33)/b24-6-. The Morgan fingerprint density at radius 2 is 1.88 bits per heavy atom. The highest BCUT2D eigenvalue weighted by atomic mass is 15.2. The Bertz CT molecular complexity index is 1200. The average molecular weight is 454 g/mol. The van der Waals surface area contributed by atoms with Crippen molar-refractivity contribution >= 4 is 28.7 Å². The summed E-state index contributed by atoms with van der Waals surface area (Å²) in [5, 5.41) is 6.75. The van der Waals surface area contributed by atoms with E-state index in [0.29, 0.717) is 5.95 Å². The number of benzene rings is 2. The Morgan fingerprint density at radius 3 is 2.62 bits per heavy atom. The molecule has 0 atom stereocenters. The molecule has 176 valence electrons. The van der Waals surface area contributed by atoms with E-state index in [1.165, 1.54) is 27.8 Å². The number of hydrogen-bond acceptors (Lipinski definition) is 5. The van der Waals surface area contributed by atoms with E-state index in [1.54, 1.807) is 0 Å². The van der Waals surface area contributed by atoms with Gasteiger partial charge in [-0.3, -0.25) is 0 Å². The summed E-state index contributed by atoms with van der Waals surface area (Å²) < 4.78 is 0. The van der Waals surface area contributed by atoms with Crippen LogP contribution < -0.4 is 15.5 Å². The van der Waals surface area contributed by atoms with Gasteiger partial charge in [0.05, 0.1) is 5.56 Å². The first-order valence-electron chi connectivity index (χ1n) is 12.0. The number of allylic oxidation sites excluding steroid dienone is 1. The third-order valence-electron chi connectivity index (χ3n) is 6.66. The Labute approximate surface area is 203 Å². The van der Waals surface area contributed by atoms with Crippen LogP contribution in [0.15, 0.2) is 61.2 Å². The van der Waals surface area contributed by atoms with E-state index in [4.69, 9.17) is 9.97 Å². The van der Waals surface area contributed by atoms with Crippen molar-refractivity contribution in [3.63, 3.8) is 0 Å². The summed E-state index contributed by atoms with van der Waals surface area (Å²) in [6, 6.07) is 17.0. The summed E-state index contributed by atoms with van der Waals surface area (Å²) in [6.45, 7) is 13.3. The molecule has 1 aromatic heterocycles. The molecule has 2 heterocycles. The van der Waals surface area contributed by atoms with Crippen molar-refractivity contribution in [2.45, 2.75) is 40.2 Å². The zero-order chi connectivity index (χ0) is 24.1. The topological polar surface area (TPSA) is 53.1 Å². The van der Waals surface area contributed by atoms with Crippen molar-refractivity contribution in [2.75, 3.05) is 35.7 Å². The van der Waals surface area contributed by atoms with Crippen molar-refractivity contribution in [2.24, 2.45) is 0 Å². The van der Waals surface area contributed by atoms with Crippen molar-refractivity contribution in [1.29, 1.82) is 0 Å². The van der Waals surface area contributed by atoms with Crippen LogP contribution in [0.3, 0.4) is 0 Å². The maximum Gasteiger partial charge on any atom is 0.226 e. The van der Waals surface area contributed by atoms with E-state index >= 15 is 0 Å². The highest BCUT2D eigenvalue weighted by Gasteiger charge is 2.26. The summed E-state index contributed by atoms with van der Waals surface area (Å²) >= 11 is 0. The monoisotopic (exact) mass is 453 g/mol. The van der Waals surface area contributed by atoms with Gasteiger partial charge in [0.2, 0.25) is 5.95 Å². The summed E-state index contributed by atoms with van der Waals surface area (Å²) in [7, 11) is 1.91. The first kappa shape index (κ1) is 23.6. The largest absolute Gasteiger partial charge is 0.372 e. The van der Waals surface area contributed by atoms with Crippen molar-refractivity contribution < 1.29 is 0 Å². The van der Waals surface area contributed by atoms with Gasteiger partial charge < -0.3 is 15.5 Å². The molecule has 0 amide bonds. The minimum absolute atomic E-state index is 0.646. The number of aromatic nitrogens is 2. The molecule has 1 aliphatic rings. The van der Waals surface area contributed by atoms with Crippen LogP contribution in [-0.2, 0) is 6.54 Å². The molecule has 3 aromatic rings. The third-order valence-corrected chi connectivity index (χ3v) is 6.66. The van der Waals surface area contributed by atoms with Gasteiger partial charge in [-0.1, -0.05) is 61.2 Å². The lowest BCUT2D eigenvalue weighted by Gasteiger charge is -2.32. The SMILES string of the molecule is C=C1CCN(Cc2ccccc2)c2nc(NCC/C(=C/C)c3cccc(C)c3C)nc(NC)c21. The summed E-state index contributed by atoms with van der Waals surface area (Å²) in [6.07, 6.45) is 4.02. The van der Waals surface area contributed by atoms with Gasteiger partial charge in [-0.2, -0.15) is 9.97 Å². The molecule has 0 saturated heterocycles. The first-order valence-corrected chi connectivity index (χ1v) is 12.0.